The highest BCUT2D eigenvalue weighted by atomic mass is 35.5. The van der Waals surface area contributed by atoms with Crippen molar-refractivity contribution >= 4 is 24.3 Å². The highest BCUT2D eigenvalue weighted by Gasteiger charge is 2.30. The Kier molecular flexibility index (Phi) is 6.44. The van der Waals surface area contributed by atoms with Gasteiger partial charge in [0.25, 0.3) is 0 Å². The average molecular weight is 348 g/mol. The number of rotatable bonds is 2. The van der Waals surface area contributed by atoms with Crippen LogP contribution >= 0.6 is 12.4 Å². The number of aliphatic imine (C=N–C) groups is 2. The van der Waals surface area contributed by atoms with E-state index in [1.54, 1.807) is 11.0 Å². The minimum Gasteiger partial charge on any atom is -0.369 e. The van der Waals surface area contributed by atoms with Crippen molar-refractivity contribution in [1.82, 2.24) is 4.90 Å². The van der Waals surface area contributed by atoms with Gasteiger partial charge in [0.15, 0.2) is 5.96 Å². The maximum atomic E-state index is 12.6. The standard InChI is InChI=1S/C14H16F3N5.ClH/c15-14(16,17)11-5-3-4-10(8-11)9-20-12(18)21-13(19)22-6-1-2-7-22;/h1-5,8H,6-7,9H2,(H4,18,19,20,21);1H. The molecule has 9 heteroatoms. The van der Waals surface area contributed by atoms with Crippen molar-refractivity contribution in [2.45, 2.75) is 12.7 Å². The van der Waals surface area contributed by atoms with Gasteiger partial charge in [0.1, 0.15) is 0 Å². The summed E-state index contributed by atoms with van der Waals surface area (Å²) in [6.07, 6.45) is -0.493. The normalized spacial score (nSPS) is 15.7. The van der Waals surface area contributed by atoms with Crippen molar-refractivity contribution in [2.24, 2.45) is 21.5 Å². The molecule has 0 saturated heterocycles. The summed E-state index contributed by atoms with van der Waals surface area (Å²) in [6, 6.07) is 4.92. The van der Waals surface area contributed by atoms with Crippen LogP contribution in [0.15, 0.2) is 46.4 Å². The molecule has 23 heavy (non-hydrogen) atoms. The lowest BCUT2D eigenvalue weighted by molar-refractivity contribution is -0.137. The lowest BCUT2D eigenvalue weighted by atomic mass is 10.1. The van der Waals surface area contributed by atoms with Crippen molar-refractivity contribution in [3.05, 3.63) is 47.5 Å². The smallest absolute Gasteiger partial charge is 0.369 e. The molecule has 4 N–H and O–H groups in total. The zero-order valence-electron chi connectivity index (χ0n) is 12.1. The Hall–Kier alpha value is -2.22. The Morgan fingerprint density at radius 1 is 1.17 bits per heavy atom. The zero-order valence-corrected chi connectivity index (χ0v) is 12.9. The zero-order chi connectivity index (χ0) is 16.2. The number of hydrogen-bond acceptors (Lipinski definition) is 1. The van der Waals surface area contributed by atoms with Gasteiger partial charge in [-0.15, -0.1) is 12.4 Å². The van der Waals surface area contributed by atoms with Crippen molar-refractivity contribution in [3.8, 4) is 0 Å². The van der Waals surface area contributed by atoms with Gasteiger partial charge in [0, 0.05) is 13.1 Å². The summed E-state index contributed by atoms with van der Waals surface area (Å²) in [5.74, 6) is 0.164. The molecule has 0 radical (unpaired) electrons. The van der Waals surface area contributed by atoms with Crippen LogP contribution in [0.5, 0.6) is 0 Å². The molecule has 0 spiro atoms. The monoisotopic (exact) mass is 347 g/mol. The van der Waals surface area contributed by atoms with Crippen LogP contribution in [0, 0.1) is 0 Å². The second-order valence-corrected chi connectivity index (χ2v) is 4.72. The number of nitrogens with zero attached hydrogens (tertiary/aromatic N) is 3. The number of benzene rings is 1. The van der Waals surface area contributed by atoms with Crippen molar-refractivity contribution in [3.63, 3.8) is 0 Å². The Balaban J connectivity index is 0.00000264. The van der Waals surface area contributed by atoms with Crippen LogP contribution in [0.2, 0.25) is 0 Å². The Labute approximate surface area is 138 Å². The van der Waals surface area contributed by atoms with E-state index < -0.39 is 11.7 Å². The molecule has 0 amide bonds. The molecule has 1 aliphatic heterocycles. The average Bonchev–Trinajstić information content (AvgIpc) is 2.99. The summed E-state index contributed by atoms with van der Waals surface area (Å²) in [4.78, 5) is 9.66. The van der Waals surface area contributed by atoms with Gasteiger partial charge in [0.2, 0.25) is 5.96 Å². The minimum atomic E-state index is -4.38. The fourth-order valence-electron chi connectivity index (χ4n) is 1.91. The molecule has 5 nitrogen and oxygen atoms in total. The van der Waals surface area contributed by atoms with E-state index in [0.29, 0.717) is 18.7 Å². The first-order valence-corrected chi connectivity index (χ1v) is 6.56. The summed E-state index contributed by atoms with van der Waals surface area (Å²) in [5.41, 5.74) is 11.1. The first-order valence-electron chi connectivity index (χ1n) is 6.56. The van der Waals surface area contributed by atoms with Gasteiger partial charge in [-0.25, -0.2) is 4.99 Å². The van der Waals surface area contributed by atoms with E-state index in [-0.39, 0.29) is 30.9 Å². The molecule has 2 rings (SSSR count). The highest BCUT2D eigenvalue weighted by Crippen LogP contribution is 2.29. The Morgan fingerprint density at radius 3 is 2.43 bits per heavy atom. The summed E-state index contributed by atoms with van der Waals surface area (Å²) in [6.45, 7) is 1.30. The van der Waals surface area contributed by atoms with Crippen LogP contribution in [0.3, 0.4) is 0 Å². The molecular formula is C14H17ClF3N5. The fourth-order valence-corrected chi connectivity index (χ4v) is 1.91. The number of alkyl halides is 3. The molecule has 0 aromatic heterocycles. The fraction of sp³-hybridized carbons (Fsp3) is 0.286. The van der Waals surface area contributed by atoms with E-state index in [1.807, 2.05) is 12.2 Å². The lowest BCUT2D eigenvalue weighted by Gasteiger charge is -2.15. The topological polar surface area (TPSA) is 80.0 Å². The van der Waals surface area contributed by atoms with E-state index >= 15 is 0 Å². The molecule has 0 fully saturated rings. The van der Waals surface area contributed by atoms with E-state index in [0.717, 1.165) is 12.1 Å². The molecule has 0 unspecified atom stereocenters. The van der Waals surface area contributed by atoms with Crippen molar-refractivity contribution in [1.29, 1.82) is 0 Å². The molecule has 1 heterocycles. The van der Waals surface area contributed by atoms with E-state index in [9.17, 15) is 13.2 Å². The molecule has 1 aliphatic rings. The largest absolute Gasteiger partial charge is 0.416 e. The maximum Gasteiger partial charge on any atom is 0.416 e. The molecule has 126 valence electrons. The Morgan fingerprint density at radius 2 is 1.83 bits per heavy atom. The van der Waals surface area contributed by atoms with Crippen LogP contribution in [0.25, 0.3) is 0 Å². The molecule has 1 aromatic carbocycles. The molecule has 0 aliphatic carbocycles. The third kappa shape index (κ3) is 5.48. The number of nitrogens with two attached hydrogens (primary N) is 2. The molecule has 0 atom stereocenters. The Bertz CT molecular complexity index is 617. The van der Waals surface area contributed by atoms with Gasteiger partial charge >= 0.3 is 6.18 Å². The van der Waals surface area contributed by atoms with E-state index in [2.05, 4.69) is 9.98 Å². The summed E-state index contributed by atoms with van der Waals surface area (Å²) in [5, 5.41) is 0. The lowest BCUT2D eigenvalue weighted by Crippen LogP contribution is -2.36. The second kappa shape index (κ2) is 7.87. The van der Waals surface area contributed by atoms with Crippen molar-refractivity contribution in [2.75, 3.05) is 13.1 Å². The van der Waals surface area contributed by atoms with Crippen LogP contribution in [0.4, 0.5) is 13.2 Å². The second-order valence-electron chi connectivity index (χ2n) is 4.72. The maximum absolute atomic E-state index is 12.6. The first kappa shape index (κ1) is 18.8. The first-order chi connectivity index (χ1) is 10.4. The van der Waals surface area contributed by atoms with Gasteiger partial charge in [-0.3, -0.25) is 0 Å². The quantitative estimate of drug-likeness (QED) is 0.488. The van der Waals surface area contributed by atoms with E-state index in [4.69, 9.17) is 11.5 Å². The third-order valence-electron chi connectivity index (χ3n) is 3.05. The molecule has 0 bridgehead atoms. The number of halogens is 4. The van der Waals surface area contributed by atoms with Gasteiger partial charge in [-0.2, -0.15) is 18.2 Å². The van der Waals surface area contributed by atoms with Crippen LogP contribution in [-0.2, 0) is 12.7 Å². The predicted molar refractivity (Wildman–Crippen MR) is 86.4 cm³/mol. The molecule has 1 aromatic rings. The SMILES string of the molecule is Cl.NC(=NCc1cccc(C(F)(F)F)c1)N=C(N)N1CC=CC1. The highest BCUT2D eigenvalue weighted by molar-refractivity contribution is 5.93. The summed E-state index contributed by atoms with van der Waals surface area (Å²) >= 11 is 0. The van der Waals surface area contributed by atoms with Crippen molar-refractivity contribution < 1.29 is 13.2 Å². The number of hydrogen-bond donors (Lipinski definition) is 2. The molecular weight excluding hydrogens is 331 g/mol. The van der Waals surface area contributed by atoms with Gasteiger partial charge < -0.3 is 16.4 Å². The van der Waals surface area contributed by atoms with Gasteiger partial charge in [-0.1, -0.05) is 24.3 Å². The predicted octanol–water partition coefficient (Wildman–Crippen LogP) is 2.13. The van der Waals surface area contributed by atoms with Crippen LogP contribution in [-0.4, -0.2) is 29.9 Å². The molecule has 0 saturated carbocycles. The summed E-state index contributed by atoms with van der Waals surface area (Å²) < 4.78 is 37.8. The van der Waals surface area contributed by atoms with Gasteiger partial charge in [0.05, 0.1) is 12.1 Å². The van der Waals surface area contributed by atoms with Gasteiger partial charge in [-0.05, 0) is 17.7 Å². The van der Waals surface area contributed by atoms with Crippen LogP contribution in [0.1, 0.15) is 11.1 Å². The number of guanidine groups is 2. The van der Waals surface area contributed by atoms with Crippen LogP contribution < -0.4 is 11.5 Å². The van der Waals surface area contributed by atoms with E-state index in [1.165, 1.54) is 6.07 Å². The third-order valence-corrected chi connectivity index (χ3v) is 3.05. The minimum absolute atomic E-state index is 0. The summed E-state index contributed by atoms with van der Waals surface area (Å²) in [7, 11) is 0.